The molecule has 2 heterocycles. The Bertz CT molecular complexity index is 1750. The summed E-state index contributed by atoms with van der Waals surface area (Å²) in [5.74, 6) is -1.43. The number of nitrogens with zero attached hydrogens (tertiary/aromatic N) is 2. The lowest BCUT2D eigenvalue weighted by Gasteiger charge is -2.17. The van der Waals surface area contributed by atoms with Crippen molar-refractivity contribution in [3.8, 4) is 11.3 Å². The lowest BCUT2D eigenvalue weighted by molar-refractivity contribution is -0.123. The zero-order valence-corrected chi connectivity index (χ0v) is 23.3. The Morgan fingerprint density at radius 2 is 1.56 bits per heavy atom. The zero-order valence-electron chi connectivity index (χ0n) is 21.7. The van der Waals surface area contributed by atoms with E-state index in [-0.39, 0.29) is 53.4 Å². The number of pyridine rings is 1. The van der Waals surface area contributed by atoms with Crippen LogP contribution in [0.15, 0.2) is 95.5 Å². The number of Topliss-reactive ketones (excluding diaryl/α,β-unsaturated/α-hetero) is 1. The molecular formula is C33H23BrN2O5. The molecule has 1 aliphatic heterocycles. The molecule has 4 atom stereocenters. The number of allylic oxidation sites excluding steroid dienone is 2. The number of esters is 1. The second kappa shape index (κ2) is 9.89. The van der Waals surface area contributed by atoms with Crippen LogP contribution in [-0.2, 0) is 14.3 Å². The van der Waals surface area contributed by atoms with Gasteiger partial charge in [0.05, 0.1) is 34.3 Å². The van der Waals surface area contributed by atoms with E-state index in [0.717, 1.165) is 10.9 Å². The second-order valence-electron chi connectivity index (χ2n) is 10.6. The number of hydrogen-bond acceptors (Lipinski definition) is 6. The third kappa shape index (κ3) is 4.30. The van der Waals surface area contributed by atoms with Crippen molar-refractivity contribution in [2.45, 2.75) is 6.42 Å². The first kappa shape index (κ1) is 25.5. The van der Waals surface area contributed by atoms with Gasteiger partial charge in [0.15, 0.2) is 12.4 Å². The number of imide groups is 1. The van der Waals surface area contributed by atoms with E-state index < -0.39 is 5.97 Å². The number of amides is 2. The van der Waals surface area contributed by atoms with Crippen molar-refractivity contribution in [3.63, 3.8) is 0 Å². The number of rotatable bonds is 6. The molecule has 3 aromatic carbocycles. The number of anilines is 1. The molecule has 7 nitrogen and oxygen atoms in total. The summed E-state index contributed by atoms with van der Waals surface area (Å²) in [5, 5.41) is 0.583. The van der Waals surface area contributed by atoms with Crippen LogP contribution in [-0.4, -0.2) is 35.2 Å². The molecule has 3 aliphatic rings. The van der Waals surface area contributed by atoms with Crippen molar-refractivity contribution in [1.82, 2.24) is 4.98 Å². The molecule has 1 saturated carbocycles. The molecule has 2 bridgehead atoms. The summed E-state index contributed by atoms with van der Waals surface area (Å²) in [4.78, 5) is 58.3. The van der Waals surface area contributed by atoms with E-state index in [1.807, 2.05) is 12.1 Å². The largest absolute Gasteiger partial charge is 0.454 e. The summed E-state index contributed by atoms with van der Waals surface area (Å²) in [6, 6.07) is 22.8. The molecule has 4 aromatic rings. The van der Waals surface area contributed by atoms with Gasteiger partial charge in [-0.05, 0) is 54.7 Å². The number of halogens is 1. The Kier molecular flexibility index (Phi) is 6.16. The molecule has 2 aliphatic carbocycles. The van der Waals surface area contributed by atoms with Crippen molar-refractivity contribution in [2.75, 3.05) is 11.5 Å². The van der Waals surface area contributed by atoms with Crippen molar-refractivity contribution >= 4 is 56.1 Å². The van der Waals surface area contributed by atoms with Gasteiger partial charge in [-0.2, -0.15) is 0 Å². The molecule has 0 N–H and O–H groups in total. The second-order valence-corrected chi connectivity index (χ2v) is 11.6. The van der Waals surface area contributed by atoms with Crippen molar-refractivity contribution in [1.29, 1.82) is 0 Å². The number of ether oxygens (including phenoxy) is 1. The topological polar surface area (TPSA) is 93.6 Å². The van der Waals surface area contributed by atoms with Crippen LogP contribution in [0, 0.1) is 23.7 Å². The van der Waals surface area contributed by atoms with Gasteiger partial charge in [-0.15, -0.1) is 0 Å². The first-order chi connectivity index (χ1) is 19.9. The summed E-state index contributed by atoms with van der Waals surface area (Å²) < 4.78 is 6.20. The number of ketones is 1. The molecule has 1 saturated heterocycles. The number of hydrogen-bond donors (Lipinski definition) is 0. The summed E-state index contributed by atoms with van der Waals surface area (Å²) >= 11 is 3.45. The quantitative estimate of drug-likeness (QED) is 0.115. The standard InChI is InChI=1S/C33H23BrN2O5/c34-22-10-13-26-24(15-22)25(33(40)41-17-28(37)19-4-2-1-3-5-19)16-27(35-26)18-8-11-23(12-9-18)36-31(38)29-20-6-7-21(14-20)30(29)32(36)39/h1-13,15-16,20-21,29-30H,14,17H2. The van der Waals surface area contributed by atoms with E-state index in [2.05, 4.69) is 28.1 Å². The van der Waals surface area contributed by atoms with Crippen LogP contribution in [0.3, 0.4) is 0 Å². The first-order valence-corrected chi connectivity index (χ1v) is 14.2. The molecule has 7 rings (SSSR count). The molecule has 0 radical (unpaired) electrons. The minimum Gasteiger partial charge on any atom is -0.454 e. The van der Waals surface area contributed by atoms with E-state index in [4.69, 9.17) is 9.72 Å². The van der Waals surface area contributed by atoms with Gasteiger partial charge in [-0.3, -0.25) is 19.3 Å². The smallest absolute Gasteiger partial charge is 0.339 e. The van der Waals surface area contributed by atoms with E-state index in [0.29, 0.717) is 33.4 Å². The van der Waals surface area contributed by atoms with Gasteiger partial charge in [-0.1, -0.05) is 70.5 Å². The van der Waals surface area contributed by atoms with Gasteiger partial charge in [0.25, 0.3) is 0 Å². The summed E-state index contributed by atoms with van der Waals surface area (Å²) in [6.45, 7) is -0.387. The van der Waals surface area contributed by atoms with Crippen LogP contribution in [0.2, 0.25) is 0 Å². The van der Waals surface area contributed by atoms with Crippen LogP contribution in [0.4, 0.5) is 5.69 Å². The zero-order chi connectivity index (χ0) is 28.2. The minimum absolute atomic E-state index is 0.130. The number of aromatic nitrogens is 1. The van der Waals surface area contributed by atoms with Crippen LogP contribution in [0.25, 0.3) is 22.2 Å². The van der Waals surface area contributed by atoms with Crippen molar-refractivity contribution < 1.29 is 23.9 Å². The third-order valence-electron chi connectivity index (χ3n) is 8.31. The molecule has 1 aromatic heterocycles. The average Bonchev–Trinajstić information content (AvgIpc) is 3.69. The molecular weight excluding hydrogens is 584 g/mol. The highest BCUT2D eigenvalue weighted by Crippen LogP contribution is 2.53. The Labute approximate surface area is 244 Å². The van der Waals surface area contributed by atoms with Crippen LogP contribution in [0.1, 0.15) is 27.1 Å². The normalized spacial score (nSPS) is 22.4. The van der Waals surface area contributed by atoms with E-state index in [9.17, 15) is 19.2 Å². The number of carbonyl (C=O) groups excluding carboxylic acids is 4. The highest BCUT2D eigenvalue weighted by molar-refractivity contribution is 9.10. The monoisotopic (exact) mass is 606 g/mol. The summed E-state index contributed by atoms with van der Waals surface area (Å²) in [5.41, 5.74) is 3.07. The Hall–Kier alpha value is -4.43. The van der Waals surface area contributed by atoms with E-state index in [1.54, 1.807) is 66.7 Å². The lowest BCUT2D eigenvalue weighted by Crippen LogP contribution is -2.32. The fourth-order valence-corrected chi connectivity index (χ4v) is 6.73. The van der Waals surface area contributed by atoms with Crippen LogP contribution < -0.4 is 4.90 Å². The Morgan fingerprint density at radius 3 is 2.24 bits per heavy atom. The fraction of sp³-hybridized carbons (Fsp3) is 0.182. The van der Waals surface area contributed by atoms with Gasteiger partial charge in [0.2, 0.25) is 11.8 Å². The Balaban J connectivity index is 1.17. The fourth-order valence-electron chi connectivity index (χ4n) is 6.37. The predicted molar refractivity (Wildman–Crippen MR) is 156 cm³/mol. The van der Waals surface area contributed by atoms with Crippen molar-refractivity contribution in [2.24, 2.45) is 23.7 Å². The molecule has 41 heavy (non-hydrogen) atoms. The average molecular weight is 607 g/mol. The molecule has 202 valence electrons. The molecule has 4 unspecified atom stereocenters. The maximum Gasteiger partial charge on any atom is 0.339 e. The number of fused-ring (bicyclic) bond motifs is 6. The maximum absolute atomic E-state index is 13.2. The lowest BCUT2D eigenvalue weighted by atomic mass is 9.85. The highest BCUT2D eigenvalue weighted by Gasteiger charge is 2.59. The van der Waals surface area contributed by atoms with Gasteiger partial charge in [0, 0.05) is 21.0 Å². The van der Waals surface area contributed by atoms with Gasteiger partial charge < -0.3 is 4.74 Å². The van der Waals surface area contributed by atoms with Crippen molar-refractivity contribution in [3.05, 3.63) is 107 Å². The predicted octanol–water partition coefficient (Wildman–Crippen LogP) is 6.02. The molecule has 2 amide bonds. The molecule has 2 fully saturated rings. The maximum atomic E-state index is 13.2. The summed E-state index contributed by atoms with van der Waals surface area (Å²) in [7, 11) is 0. The number of benzene rings is 3. The Morgan fingerprint density at radius 1 is 0.878 bits per heavy atom. The van der Waals surface area contributed by atoms with Gasteiger partial charge in [-0.25, -0.2) is 9.78 Å². The summed E-state index contributed by atoms with van der Waals surface area (Å²) in [6.07, 6.45) is 5.04. The number of carbonyl (C=O) groups is 4. The SMILES string of the molecule is O=C(COC(=O)c1cc(-c2ccc(N3C(=O)C4C5C=CC(C5)C4C3=O)cc2)nc2ccc(Br)cc12)c1ccccc1. The van der Waals surface area contributed by atoms with Crippen LogP contribution in [0.5, 0.6) is 0 Å². The third-order valence-corrected chi connectivity index (χ3v) is 8.81. The first-order valence-electron chi connectivity index (χ1n) is 13.4. The molecule has 0 spiro atoms. The minimum atomic E-state index is -0.638. The van der Waals surface area contributed by atoms with E-state index in [1.165, 1.54) is 4.90 Å². The van der Waals surface area contributed by atoms with Gasteiger partial charge in [0.1, 0.15) is 0 Å². The van der Waals surface area contributed by atoms with E-state index >= 15 is 0 Å². The van der Waals surface area contributed by atoms with Crippen LogP contribution >= 0.6 is 15.9 Å². The molecule has 8 heteroatoms. The van der Waals surface area contributed by atoms with Gasteiger partial charge >= 0.3 is 5.97 Å². The highest BCUT2D eigenvalue weighted by atomic mass is 79.9.